The number of rotatable bonds is 14. The molecule has 0 heterocycles. The van der Waals surface area contributed by atoms with Crippen LogP contribution in [0.2, 0.25) is 5.02 Å². The Kier molecular flexibility index (Phi) is 12.0. The van der Waals surface area contributed by atoms with E-state index < -0.39 is 28.5 Å². The number of unbranched alkanes of at least 4 members (excludes halogenated alkanes) is 1. The van der Waals surface area contributed by atoms with Gasteiger partial charge in [0.25, 0.3) is 10.0 Å². The number of nitrogens with zero attached hydrogens (tertiary/aromatic N) is 2. The summed E-state index contributed by atoms with van der Waals surface area (Å²) >= 11 is 6.37. The van der Waals surface area contributed by atoms with Crippen LogP contribution >= 0.6 is 11.6 Å². The average molecular weight is 660 g/mol. The van der Waals surface area contributed by atoms with Crippen molar-refractivity contribution >= 4 is 39.1 Å². The Morgan fingerprint density at radius 3 is 2.20 bits per heavy atom. The number of aryl methyl sites for hydroxylation is 3. The molecule has 4 aromatic rings. The molecule has 4 aromatic carbocycles. The van der Waals surface area contributed by atoms with Gasteiger partial charge in [-0.05, 0) is 73.7 Å². The van der Waals surface area contributed by atoms with Crippen molar-refractivity contribution in [1.82, 2.24) is 10.2 Å². The zero-order valence-corrected chi connectivity index (χ0v) is 28.4. The zero-order valence-electron chi connectivity index (χ0n) is 26.9. The summed E-state index contributed by atoms with van der Waals surface area (Å²) in [6.45, 7) is 7.72. The van der Waals surface area contributed by atoms with Crippen LogP contribution in [0.5, 0.6) is 0 Å². The van der Waals surface area contributed by atoms with E-state index in [0.29, 0.717) is 22.8 Å². The van der Waals surface area contributed by atoms with Gasteiger partial charge in [0.15, 0.2) is 0 Å². The number of benzene rings is 4. The van der Waals surface area contributed by atoms with Crippen LogP contribution in [0.15, 0.2) is 102 Å². The fraction of sp³-hybridized carbons (Fsp3) is 0.297. The number of halogens is 1. The number of hydrogen-bond donors (Lipinski definition) is 1. The maximum Gasteiger partial charge on any atom is 0.264 e. The molecule has 1 atom stereocenters. The molecule has 1 N–H and O–H groups in total. The van der Waals surface area contributed by atoms with Gasteiger partial charge in [0.05, 0.1) is 10.6 Å². The molecule has 0 fully saturated rings. The first-order chi connectivity index (χ1) is 22.0. The summed E-state index contributed by atoms with van der Waals surface area (Å²) in [4.78, 5) is 30.1. The lowest BCUT2D eigenvalue weighted by molar-refractivity contribution is -0.140. The lowest BCUT2D eigenvalue weighted by atomic mass is 10.0. The quantitative estimate of drug-likeness (QED) is 0.148. The van der Waals surface area contributed by atoms with Crippen LogP contribution in [-0.2, 0) is 32.6 Å². The summed E-state index contributed by atoms with van der Waals surface area (Å²) in [7, 11) is -4.22. The topological polar surface area (TPSA) is 86.8 Å². The molecule has 9 heteroatoms. The van der Waals surface area contributed by atoms with Crippen molar-refractivity contribution in [1.29, 1.82) is 0 Å². The molecule has 0 aliphatic carbocycles. The summed E-state index contributed by atoms with van der Waals surface area (Å²) < 4.78 is 29.7. The van der Waals surface area contributed by atoms with Crippen molar-refractivity contribution in [2.75, 3.05) is 17.4 Å². The number of carbonyl (C=O) groups excluding carboxylic acids is 2. The molecule has 0 aromatic heterocycles. The Balaban J connectivity index is 1.83. The van der Waals surface area contributed by atoms with Gasteiger partial charge in [0.1, 0.15) is 12.6 Å². The summed E-state index contributed by atoms with van der Waals surface area (Å²) in [5.41, 5.74) is 4.54. The number of carbonyl (C=O) groups is 2. The van der Waals surface area contributed by atoms with Crippen molar-refractivity contribution in [2.45, 2.75) is 64.4 Å². The zero-order chi connectivity index (χ0) is 33.3. The first-order valence-corrected chi connectivity index (χ1v) is 17.3. The van der Waals surface area contributed by atoms with Gasteiger partial charge in [-0.25, -0.2) is 8.42 Å². The first-order valence-electron chi connectivity index (χ1n) is 15.5. The molecule has 0 radical (unpaired) electrons. The Bertz CT molecular complexity index is 1740. The molecule has 4 rings (SSSR count). The van der Waals surface area contributed by atoms with Gasteiger partial charge in [-0.2, -0.15) is 0 Å². The van der Waals surface area contributed by atoms with Gasteiger partial charge in [0, 0.05) is 24.5 Å². The third-order valence-corrected chi connectivity index (χ3v) is 10.0. The third-order valence-electron chi connectivity index (χ3n) is 8.03. The van der Waals surface area contributed by atoms with Crippen LogP contribution in [0.3, 0.4) is 0 Å². The van der Waals surface area contributed by atoms with Crippen molar-refractivity contribution < 1.29 is 18.0 Å². The molecule has 0 saturated heterocycles. The SMILES string of the molecule is CCCCNC(=O)[C@H](Cc1ccccc1)N(Cc1ccccc1C)C(=O)CN(c1cc(Cl)ccc1C)S(=O)(=O)c1ccc(C)cc1. The van der Waals surface area contributed by atoms with Crippen molar-refractivity contribution in [2.24, 2.45) is 0 Å². The lowest BCUT2D eigenvalue weighted by Gasteiger charge is -2.34. The van der Waals surface area contributed by atoms with Crippen LogP contribution in [0.1, 0.15) is 47.6 Å². The summed E-state index contributed by atoms with van der Waals surface area (Å²) in [5, 5.41) is 3.36. The number of hydrogen-bond acceptors (Lipinski definition) is 4. The average Bonchev–Trinajstić information content (AvgIpc) is 3.04. The fourth-order valence-corrected chi connectivity index (χ4v) is 6.87. The molecule has 2 amide bonds. The molecule has 7 nitrogen and oxygen atoms in total. The largest absolute Gasteiger partial charge is 0.354 e. The van der Waals surface area contributed by atoms with Crippen molar-refractivity contribution in [3.63, 3.8) is 0 Å². The molecule has 242 valence electrons. The molecule has 0 bridgehead atoms. The Labute approximate surface area is 278 Å². The Morgan fingerprint density at radius 1 is 0.848 bits per heavy atom. The number of sulfonamides is 1. The predicted molar refractivity (Wildman–Crippen MR) is 185 cm³/mol. The number of nitrogens with one attached hydrogen (secondary N) is 1. The molecule has 0 saturated carbocycles. The van der Waals surface area contributed by atoms with Crippen molar-refractivity contribution in [3.8, 4) is 0 Å². The summed E-state index contributed by atoms with van der Waals surface area (Å²) in [6, 6.07) is 27.8. The normalized spacial score (nSPS) is 11.9. The van der Waals surface area contributed by atoms with E-state index in [0.717, 1.165) is 39.4 Å². The highest BCUT2D eigenvalue weighted by molar-refractivity contribution is 7.92. The van der Waals surface area contributed by atoms with E-state index in [-0.39, 0.29) is 23.8 Å². The van der Waals surface area contributed by atoms with Gasteiger partial charge < -0.3 is 10.2 Å². The van der Waals surface area contributed by atoms with Gasteiger partial charge >= 0.3 is 0 Å². The van der Waals surface area contributed by atoms with E-state index in [1.165, 1.54) is 17.0 Å². The van der Waals surface area contributed by atoms with Crippen LogP contribution in [0, 0.1) is 20.8 Å². The highest BCUT2D eigenvalue weighted by Crippen LogP contribution is 2.30. The Hall–Kier alpha value is -4.14. The fourth-order valence-electron chi connectivity index (χ4n) is 5.23. The highest BCUT2D eigenvalue weighted by Gasteiger charge is 2.35. The minimum absolute atomic E-state index is 0.0499. The molecule has 0 spiro atoms. The maximum atomic E-state index is 14.6. The standard InChI is InChI=1S/C37H42ClN3O4S/c1-5-6-22-39-37(43)35(23-30-13-8-7-9-14-30)40(25-31-15-11-10-12-28(31)3)36(42)26-41(34-24-32(38)19-18-29(34)4)46(44,45)33-20-16-27(2)17-21-33/h7-21,24,35H,5-6,22-23,25-26H2,1-4H3,(H,39,43)/t35-/m0/s1. The van der Waals surface area contributed by atoms with E-state index in [2.05, 4.69) is 5.32 Å². The van der Waals surface area contributed by atoms with Crippen LogP contribution < -0.4 is 9.62 Å². The Morgan fingerprint density at radius 2 is 1.52 bits per heavy atom. The summed E-state index contributed by atoms with van der Waals surface area (Å²) in [5.74, 6) is -0.795. The van der Waals surface area contributed by atoms with Crippen LogP contribution in [-0.4, -0.2) is 44.3 Å². The second-order valence-electron chi connectivity index (χ2n) is 11.6. The monoisotopic (exact) mass is 659 g/mol. The lowest BCUT2D eigenvalue weighted by Crippen LogP contribution is -2.53. The van der Waals surface area contributed by atoms with Crippen molar-refractivity contribution in [3.05, 3.63) is 130 Å². The predicted octanol–water partition coefficient (Wildman–Crippen LogP) is 7.02. The maximum absolute atomic E-state index is 14.6. The minimum atomic E-state index is -4.22. The molecule has 0 aliphatic rings. The number of anilines is 1. The number of amides is 2. The van der Waals surface area contributed by atoms with Gasteiger partial charge in [-0.3, -0.25) is 13.9 Å². The smallest absolute Gasteiger partial charge is 0.264 e. The van der Waals surface area contributed by atoms with E-state index >= 15 is 0 Å². The van der Waals surface area contributed by atoms with Crippen LogP contribution in [0.4, 0.5) is 5.69 Å². The van der Waals surface area contributed by atoms with E-state index in [1.54, 1.807) is 37.3 Å². The molecular formula is C37H42ClN3O4S. The highest BCUT2D eigenvalue weighted by atomic mass is 35.5. The van der Waals surface area contributed by atoms with Crippen LogP contribution in [0.25, 0.3) is 0 Å². The minimum Gasteiger partial charge on any atom is -0.354 e. The van der Waals surface area contributed by atoms with E-state index in [1.807, 2.05) is 75.4 Å². The van der Waals surface area contributed by atoms with Gasteiger partial charge in [-0.1, -0.05) is 103 Å². The second kappa shape index (κ2) is 15.9. The molecule has 0 aliphatic heterocycles. The van der Waals surface area contributed by atoms with E-state index in [4.69, 9.17) is 11.6 Å². The summed E-state index contributed by atoms with van der Waals surface area (Å²) in [6.07, 6.45) is 1.96. The van der Waals surface area contributed by atoms with Gasteiger partial charge in [-0.15, -0.1) is 0 Å². The first kappa shape index (κ1) is 34.7. The molecule has 0 unspecified atom stereocenters. The molecular weight excluding hydrogens is 618 g/mol. The molecule has 46 heavy (non-hydrogen) atoms. The third kappa shape index (κ3) is 8.77. The van der Waals surface area contributed by atoms with Gasteiger partial charge in [0.2, 0.25) is 11.8 Å². The second-order valence-corrected chi connectivity index (χ2v) is 13.9. The van der Waals surface area contributed by atoms with E-state index in [9.17, 15) is 18.0 Å².